The molecule has 0 saturated heterocycles. The van der Waals surface area contributed by atoms with Gasteiger partial charge >= 0.3 is 0 Å². The highest BCUT2D eigenvalue weighted by molar-refractivity contribution is 7.80. The van der Waals surface area contributed by atoms with Gasteiger partial charge in [-0.15, -0.1) is 0 Å². The number of hydrogen-bond donors (Lipinski definition) is 2. The molecule has 0 aromatic heterocycles. The average molecular weight is 283 g/mol. The second kappa shape index (κ2) is 7.44. The number of nitrogens with zero attached hydrogens (tertiary/aromatic N) is 1. The van der Waals surface area contributed by atoms with Gasteiger partial charge in [0.25, 0.3) is 0 Å². The van der Waals surface area contributed by atoms with E-state index in [4.69, 9.17) is 12.2 Å². The fraction of sp³-hybridized carbons (Fsp3) is 0.933. The second-order valence-corrected chi connectivity index (χ2v) is 6.83. The van der Waals surface area contributed by atoms with Crippen molar-refractivity contribution < 1.29 is 0 Å². The van der Waals surface area contributed by atoms with E-state index in [-0.39, 0.29) is 0 Å². The molecular formula is C15H29N3S. The topological polar surface area (TPSA) is 27.3 Å². The number of rotatable bonds is 3. The van der Waals surface area contributed by atoms with Gasteiger partial charge in [-0.05, 0) is 64.8 Å². The molecule has 4 heteroatoms. The van der Waals surface area contributed by atoms with Gasteiger partial charge in [0.1, 0.15) is 0 Å². The van der Waals surface area contributed by atoms with E-state index in [0.717, 1.165) is 11.2 Å². The third-order valence-corrected chi connectivity index (χ3v) is 4.94. The predicted molar refractivity (Wildman–Crippen MR) is 85.5 cm³/mol. The molecule has 0 atom stereocenters. The third-order valence-electron chi connectivity index (χ3n) is 4.70. The summed E-state index contributed by atoms with van der Waals surface area (Å²) < 4.78 is 0. The summed E-state index contributed by atoms with van der Waals surface area (Å²) in [6.45, 7) is 0. The van der Waals surface area contributed by atoms with Crippen molar-refractivity contribution >= 4 is 17.3 Å². The molecule has 2 fully saturated rings. The summed E-state index contributed by atoms with van der Waals surface area (Å²) in [5.41, 5.74) is 0. The van der Waals surface area contributed by atoms with Crippen molar-refractivity contribution in [3.63, 3.8) is 0 Å². The fourth-order valence-corrected chi connectivity index (χ4v) is 3.73. The molecule has 3 nitrogen and oxygen atoms in total. The molecule has 2 N–H and O–H groups in total. The summed E-state index contributed by atoms with van der Waals surface area (Å²) in [6, 6.07) is 1.96. The van der Waals surface area contributed by atoms with Crippen LogP contribution in [-0.2, 0) is 0 Å². The van der Waals surface area contributed by atoms with Crippen molar-refractivity contribution in [2.24, 2.45) is 0 Å². The van der Waals surface area contributed by atoms with Crippen LogP contribution in [0.25, 0.3) is 0 Å². The Kier molecular flexibility index (Phi) is 5.89. The minimum absolute atomic E-state index is 0.583. The maximum absolute atomic E-state index is 5.46. The second-order valence-electron chi connectivity index (χ2n) is 6.42. The van der Waals surface area contributed by atoms with Crippen molar-refractivity contribution in [2.75, 3.05) is 14.1 Å². The van der Waals surface area contributed by atoms with Crippen LogP contribution in [0.5, 0.6) is 0 Å². The van der Waals surface area contributed by atoms with Gasteiger partial charge in [-0.2, -0.15) is 0 Å². The molecule has 0 unspecified atom stereocenters. The Labute approximate surface area is 123 Å². The zero-order valence-electron chi connectivity index (χ0n) is 12.5. The first-order valence-corrected chi connectivity index (χ1v) is 8.29. The molecule has 0 aliphatic heterocycles. The Morgan fingerprint density at radius 3 is 1.89 bits per heavy atom. The molecule has 2 aliphatic rings. The van der Waals surface area contributed by atoms with Gasteiger partial charge in [-0.25, -0.2) is 0 Å². The summed E-state index contributed by atoms with van der Waals surface area (Å²) in [7, 11) is 4.38. The SMILES string of the molecule is CN(C)C1CCC(NC(=S)NC2CCCCC2)CC1. The van der Waals surface area contributed by atoms with E-state index >= 15 is 0 Å². The van der Waals surface area contributed by atoms with Crippen molar-refractivity contribution in [3.05, 3.63) is 0 Å². The highest BCUT2D eigenvalue weighted by atomic mass is 32.1. The van der Waals surface area contributed by atoms with Crippen molar-refractivity contribution in [3.8, 4) is 0 Å². The van der Waals surface area contributed by atoms with E-state index in [2.05, 4.69) is 29.6 Å². The van der Waals surface area contributed by atoms with Crippen molar-refractivity contribution in [2.45, 2.75) is 75.9 Å². The van der Waals surface area contributed by atoms with Crippen LogP contribution >= 0.6 is 12.2 Å². The van der Waals surface area contributed by atoms with Crippen LogP contribution < -0.4 is 10.6 Å². The average Bonchev–Trinajstić information content (AvgIpc) is 2.40. The first kappa shape index (κ1) is 15.0. The van der Waals surface area contributed by atoms with Crippen LogP contribution in [0.4, 0.5) is 0 Å². The molecular weight excluding hydrogens is 254 g/mol. The Morgan fingerprint density at radius 2 is 1.37 bits per heavy atom. The molecule has 0 radical (unpaired) electrons. The van der Waals surface area contributed by atoms with Crippen molar-refractivity contribution in [1.82, 2.24) is 15.5 Å². The minimum Gasteiger partial charge on any atom is -0.360 e. The number of thiocarbonyl (C=S) groups is 1. The van der Waals surface area contributed by atoms with Gasteiger partial charge in [0.15, 0.2) is 5.11 Å². The first-order chi connectivity index (χ1) is 9.15. The van der Waals surface area contributed by atoms with E-state index < -0.39 is 0 Å². The summed E-state index contributed by atoms with van der Waals surface area (Å²) in [6.07, 6.45) is 11.7. The normalized spacial score (nSPS) is 29.2. The lowest BCUT2D eigenvalue weighted by atomic mass is 9.90. The molecule has 2 saturated carbocycles. The minimum atomic E-state index is 0.583. The van der Waals surface area contributed by atoms with Crippen LogP contribution in [0, 0.1) is 0 Å². The Hall–Kier alpha value is -0.350. The summed E-state index contributed by atoms with van der Waals surface area (Å²) in [5.74, 6) is 0. The molecule has 0 amide bonds. The number of hydrogen-bond acceptors (Lipinski definition) is 2. The third kappa shape index (κ3) is 4.92. The predicted octanol–water partition coefficient (Wildman–Crippen LogP) is 2.66. The molecule has 0 aromatic carbocycles. The Morgan fingerprint density at radius 1 is 0.842 bits per heavy atom. The van der Waals surface area contributed by atoms with Gasteiger partial charge in [-0.3, -0.25) is 0 Å². The first-order valence-electron chi connectivity index (χ1n) is 7.88. The summed E-state index contributed by atoms with van der Waals surface area (Å²) in [4.78, 5) is 2.36. The van der Waals surface area contributed by atoms with Crippen molar-refractivity contribution in [1.29, 1.82) is 0 Å². The van der Waals surface area contributed by atoms with Gasteiger partial charge in [0.2, 0.25) is 0 Å². The molecule has 0 spiro atoms. The van der Waals surface area contributed by atoms with Crippen LogP contribution in [0.2, 0.25) is 0 Å². The maximum atomic E-state index is 5.46. The molecule has 0 aromatic rings. The molecule has 2 aliphatic carbocycles. The largest absolute Gasteiger partial charge is 0.360 e. The van der Waals surface area contributed by atoms with Gasteiger partial charge < -0.3 is 15.5 Å². The van der Waals surface area contributed by atoms with E-state index in [1.165, 1.54) is 57.8 Å². The van der Waals surface area contributed by atoms with E-state index in [1.807, 2.05) is 0 Å². The van der Waals surface area contributed by atoms with Crippen LogP contribution in [0.1, 0.15) is 57.8 Å². The van der Waals surface area contributed by atoms with Gasteiger partial charge in [-0.1, -0.05) is 19.3 Å². The van der Waals surface area contributed by atoms with E-state index in [9.17, 15) is 0 Å². The van der Waals surface area contributed by atoms with E-state index in [0.29, 0.717) is 12.1 Å². The Bertz CT molecular complexity index is 279. The molecule has 110 valence electrons. The fourth-order valence-electron chi connectivity index (χ4n) is 3.40. The summed E-state index contributed by atoms with van der Waals surface area (Å²) in [5, 5.41) is 7.93. The lowest BCUT2D eigenvalue weighted by Crippen LogP contribution is -2.48. The lowest BCUT2D eigenvalue weighted by Gasteiger charge is -2.34. The van der Waals surface area contributed by atoms with E-state index in [1.54, 1.807) is 0 Å². The molecule has 0 heterocycles. The highest BCUT2D eigenvalue weighted by Crippen LogP contribution is 2.22. The van der Waals surface area contributed by atoms with Crippen LogP contribution in [-0.4, -0.2) is 42.2 Å². The zero-order chi connectivity index (χ0) is 13.7. The van der Waals surface area contributed by atoms with Crippen LogP contribution in [0.3, 0.4) is 0 Å². The molecule has 0 bridgehead atoms. The summed E-state index contributed by atoms with van der Waals surface area (Å²) >= 11 is 5.46. The zero-order valence-corrected chi connectivity index (χ0v) is 13.3. The Balaban J connectivity index is 1.65. The standard InChI is InChI=1S/C15H29N3S/c1-18(2)14-10-8-13(9-11-14)17-15(19)16-12-6-4-3-5-7-12/h12-14H,3-11H2,1-2H3,(H2,16,17,19). The maximum Gasteiger partial charge on any atom is 0.166 e. The highest BCUT2D eigenvalue weighted by Gasteiger charge is 2.23. The molecule has 2 rings (SSSR count). The van der Waals surface area contributed by atoms with Gasteiger partial charge in [0, 0.05) is 18.1 Å². The monoisotopic (exact) mass is 283 g/mol. The lowest BCUT2D eigenvalue weighted by molar-refractivity contribution is 0.211. The smallest absolute Gasteiger partial charge is 0.166 e. The van der Waals surface area contributed by atoms with Gasteiger partial charge in [0.05, 0.1) is 0 Å². The van der Waals surface area contributed by atoms with Crippen LogP contribution in [0.15, 0.2) is 0 Å². The molecule has 19 heavy (non-hydrogen) atoms. The number of nitrogens with one attached hydrogen (secondary N) is 2. The quantitative estimate of drug-likeness (QED) is 0.779.